The van der Waals surface area contributed by atoms with E-state index in [1.165, 1.54) is 23.6 Å². The van der Waals surface area contributed by atoms with Gasteiger partial charge in [0.1, 0.15) is 0 Å². The van der Waals surface area contributed by atoms with Crippen LogP contribution in [0.25, 0.3) is 0 Å². The van der Waals surface area contributed by atoms with Gasteiger partial charge in [0.15, 0.2) is 5.03 Å². The van der Waals surface area contributed by atoms with E-state index in [4.69, 9.17) is 0 Å². The van der Waals surface area contributed by atoms with Crippen molar-refractivity contribution in [3.8, 4) is 0 Å². The first-order valence-electron chi connectivity index (χ1n) is 4.31. The molecular weight excluding hydrogens is 314 g/mol. The monoisotopic (exact) mass is 321 g/mol. The van der Waals surface area contributed by atoms with Crippen LogP contribution in [0, 0.1) is 0 Å². The van der Waals surface area contributed by atoms with Gasteiger partial charge in [0.2, 0.25) is 0 Å². The Labute approximate surface area is 105 Å². The van der Waals surface area contributed by atoms with Crippen molar-refractivity contribution in [2.45, 2.75) is 11.6 Å². The Balaban J connectivity index is 2.06. The quantitative estimate of drug-likeness (QED) is 0.900. The maximum Gasteiger partial charge on any atom is 0.257 e. The Bertz CT molecular complexity index is 562. The summed E-state index contributed by atoms with van der Waals surface area (Å²) in [6, 6.07) is 5.15. The van der Waals surface area contributed by atoms with Crippen molar-refractivity contribution < 1.29 is 8.42 Å². The van der Waals surface area contributed by atoms with E-state index in [-0.39, 0.29) is 11.6 Å². The molecule has 5 nitrogen and oxygen atoms in total. The van der Waals surface area contributed by atoms with Crippen molar-refractivity contribution in [2.24, 2.45) is 0 Å². The standard InChI is InChI=1S/C8H8BrN3O2S2/c9-7-2-1-6(15-7)5-11-16(13,14)8-3-4-10-12-8/h1-4,11H,5H2,(H,10,12). The second-order valence-corrected chi connectivity index (χ2v) is 7.23. The molecule has 0 spiro atoms. The predicted octanol–water partition coefficient (Wildman–Crippen LogP) is 1.71. The lowest BCUT2D eigenvalue weighted by atomic mass is 10.5. The topological polar surface area (TPSA) is 74.8 Å². The van der Waals surface area contributed by atoms with Crippen LogP contribution in [0.5, 0.6) is 0 Å². The molecule has 0 bridgehead atoms. The summed E-state index contributed by atoms with van der Waals surface area (Å²) < 4.78 is 26.8. The highest BCUT2D eigenvalue weighted by Gasteiger charge is 2.14. The van der Waals surface area contributed by atoms with Gasteiger partial charge in [-0.2, -0.15) is 5.10 Å². The van der Waals surface area contributed by atoms with Crippen molar-refractivity contribution in [3.05, 3.63) is 33.1 Å². The summed E-state index contributed by atoms with van der Waals surface area (Å²) in [5.41, 5.74) is 0. The normalized spacial score (nSPS) is 11.8. The molecule has 2 aromatic rings. The number of H-pyrrole nitrogens is 1. The third kappa shape index (κ3) is 2.70. The van der Waals surface area contributed by atoms with Crippen LogP contribution in [0.1, 0.15) is 4.88 Å². The molecule has 8 heteroatoms. The minimum atomic E-state index is -3.48. The molecule has 0 atom stereocenters. The smallest absolute Gasteiger partial charge is 0.257 e. The van der Waals surface area contributed by atoms with Gasteiger partial charge in [0.05, 0.1) is 9.98 Å². The number of nitrogens with one attached hydrogen (secondary N) is 2. The second-order valence-electron chi connectivity index (χ2n) is 2.95. The third-order valence-corrected chi connectivity index (χ3v) is 4.78. The van der Waals surface area contributed by atoms with E-state index in [0.717, 1.165) is 8.66 Å². The highest BCUT2D eigenvalue weighted by atomic mass is 79.9. The molecule has 0 aliphatic heterocycles. The SMILES string of the molecule is O=S(=O)(NCc1ccc(Br)s1)c1ccn[nH]1. The van der Waals surface area contributed by atoms with Crippen LogP contribution < -0.4 is 4.72 Å². The van der Waals surface area contributed by atoms with Crippen LogP contribution in [-0.4, -0.2) is 18.6 Å². The number of sulfonamides is 1. The van der Waals surface area contributed by atoms with Crippen molar-refractivity contribution in [1.29, 1.82) is 0 Å². The molecular formula is C8H8BrN3O2S2. The van der Waals surface area contributed by atoms with Crippen LogP contribution in [0.15, 0.2) is 33.2 Å². The number of nitrogens with zero attached hydrogens (tertiary/aromatic N) is 1. The van der Waals surface area contributed by atoms with Gasteiger partial charge in [0.25, 0.3) is 10.0 Å². The van der Waals surface area contributed by atoms with E-state index in [2.05, 4.69) is 30.8 Å². The summed E-state index contributed by atoms with van der Waals surface area (Å²) >= 11 is 4.81. The molecule has 16 heavy (non-hydrogen) atoms. The largest absolute Gasteiger partial charge is 0.266 e. The predicted molar refractivity (Wildman–Crippen MR) is 64.6 cm³/mol. The molecule has 0 amide bonds. The van der Waals surface area contributed by atoms with Crippen molar-refractivity contribution in [1.82, 2.24) is 14.9 Å². The van der Waals surface area contributed by atoms with Gasteiger partial charge in [0, 0.05) is 11.4 Å². The summed E-state index contributed by atoms with van der Waals surface area (Å²) in [7, 11) is -3.48. The maximum atomic E-state index is 11.7. The van der Waals surface area contributed by atoms with E-state index < -0.39 is 10.0 Å². The highest BCUT2D eigenvalue weighted by Crippen LogP contribution is 2.22. The summed E-state index contributed by atoms with van der Waals surface area (Å²) in [6.45, 7) is 0.275. The molecule has 0 aliphatic carbocycles. The lowest BCUT2D eigenvalue weighted by Crippen LogP contribution is -2.23. The molecule has 0 unspecified atom stereocenters. The van der Waals surface area contributed by atoms with E-state index in [0.29, 0.717) is 0 Å². The molecule has 0 saturated heterocycles. The molecule has 2 N–H and O–H groups in total. The zero-order chi connectivity index (χ0) is 11.6. The Morgan fingerprint density at radius 3 is 2.81 bits per heavy atom. The Kier molecular flexibility index (Phi) is 3.43. The summed E-state index contributed by atoms with van der Waals surface area (Å²) in [4.78, 5) is 0.940. The van der Waals surface area contributed by atoms with Gasteiger partial charge in [-0.25, -0.2) is 13.1 Å². The molecule has 2 rings (SSSR count). The molecule has 86 valence electrons. The molecule has 0 saturated carbocycles. The number of hydrogen-bond donors (Lipinski definition) is 2. The molecule has 2 aromatic heterocycles. The third-order valence-electron chi connectivity index (χ3n) is 1.83. The van der Waals surface area contributed by atoms with Crippen LogP contribution in [0.2, 0.25) is 0 Å². The average molecular weight is 322 g/mol. The minimum Gasteiger partial charge on any atom is -0.266 e. The van der Waals surface area contributed by atoms with Gasteiger partial charge in [-0.05, 0) is 34.1 Å². The van der Waals surface area contributed by atoms with Gasteiger partial charge in [-0.1, -0.05) is 0 Å². The summed E-state index contributed by atoms with van der Waals surface area (Å²) in [5, 5.41) is 6.08. The van der Waals surface area contributed by atoms with Crippen LogP contribution in [-0.2, 0) is 16.6 Å². The van der Waals surface area contributed by atoms with Crippen LogP contribution in [0.4, 0.5) is 0 Å². The number of aromatic nitrogens is 2. The lowest BCUT2D eigenvalue weighted by Gasteiger charge is -2.02. The van der Waals surface area contributed by atoms with Crippen LogP contribution >= 0.6 is 27.3 Å². The van der Waals surface area contributed by atoms with Crippen molar-refractivity contribution in [2.75, 3.05) is 0 Å². The van der Waals surface area contributed by atoms with Gasteiger partial charge in [-0.3, -0.25) is 5.10 Å². The molecule has 0 aromatic carbocycles. The Morgan fingerprint density at radius 2 is 2.25 bits per heavy atom. The summed E-state index contributed by atoms with van der Waals surface area (Å²) in [5.74, 6) is 0. The van der Waals surface area contributed by atoms with E-state index in [1.807, 2.05) is 12.1 Å². The van der Waals surface area contributed by atoms with Gasteiger partial charge in [-0.15, -0.1) is 11.3 Å². The average Bonchev–Trinajstić information content (AvgIpc) is 2.85. The Hall–Kier alpha value is -0.700. The fraction of sp³-hybridized carbons (Fsp3) is 0.125. The van der Waals surface area contributed by atoms with Gasteiger partial charge >= 0.3 is 0 Å². The number of rotatable bonds is 4. The zero-order valence-electron chi connectivity index (χ0n) is 7.97. The van der Waals surface area contributed by atoms with E-state index >= 15 is 0 Å². The number of halogens is 1. The first kappa shape index (κ1) is 11.8. The van der Waals surface area contributed by atoms with Crippen molar-refractivity contribution >= 4 is 37.3 Å². The first-order chi connectivity index (χ1) is 7.58. The maximum absolute atomic E-state index is 11.7. The lowest BCUT2D eigenvalue weighted by molar-refractivity contribution is 0.577. The fourth-order valence-corrected chi connectivity index (χ4v) is 3.51. The highest BCUT2D eigenvalue weighted by molar-refractivity contribution is 9.11. The second kappa shape index (κ2) is 4.66. The van der Waals surface area contributed by atoms with E-state index in [9.17, 15) is 8.42 Å². The number of hydrogen-bond acceptors (Lipinski definition) is 4. The number of thiophene rings is 1. The fourth-order valence-electron chi connectivity index (χ4n) is 1.08. The molecule has 0 fully saturated rings. The van der Waals surface area contributed by atoms with Crippen LogP contribution in [0.3, 0.4) is 0 Å². The minimum absolute atomic E-state index is 0.0723. The van der Waals surface area contributed by atoms with Crippen molar-refractivity contribution in [3.63, 3.8) is 0 Å². The molecule has 0 radical (unpaired) electrons. The zero-order valence-corrected chi connectivity index (χ0v) is 11.2. The molecule has 2 heterocycles. The molecule has 0 aliphatic rings. The first-order valence-corrected chi connectivity index (χ1v) is 7.40. The van der Waals surface area contributed by atoms with Gasteiger partial charge < -0.3 is 0 Å². The summed E-state index contributed by atoms with van der Waals surface area (Å²) in [6.07, 6.45) is 1.40. The Morgan fingerprint density at radius 1 is 1.44 bits per heavy atom. The number of aromatic amines is 1. The van der Waals surface area contributed by atoms with E-state index in [1.54, 1.807) is 0 Å².